The van der Waals surface area contributed by atoms with Gasteiger partial charge in [0.2, 0.25) is 5.91 Å². The lowest BCUT2D eigenvalue weighted by atomic mass is 10.2. The van der Waals surface area contributed by atoms with Crippen molar-refractivity contribution in [2.75, 3.05) is 18.1 Å². The van der Waals surface area contributed by atoms with Crippen molar-refractivity contribution < 1.29 is 31.5 Å². The fourth-order valence-corrected chi connectivity index (χ4v) is 3.98. The highest BCUT2D eigenvalue weighted by Gasteiger charge is 2.29. The summed E-state index contributed by atoms with van der Waals surface area (Å²) in [5.74, 6) is -3.38. The molecule has 1 saturated heterocycles. The van der Waals surface area contributed by atoms with Crippen molar-refractivity contribution in [2.45, 2.75) is 25.5 Å². The quantitative estimate of drug-likeness (QED) is 0.736. The van der Waals surface area contributed by atoms with Crippen LogP contribution in [0.25, 0.3) is 0 Å². The predicted molar refractivity (Wildman–Crippen MR) is 84.7 cm³/mol. The van der Waals surface area contributed by atoms with Crippen LogP contribution in [0.15, 0.2) is 18.2 Å². The molecule has 1 heterocycles. The van der Waals surface area contributed by atoms with E-state index in [0.29, 0.717) is 6.42 Å². The fraction of sp³-hybridized carbons (Fsp3) is 0.467. The molecule has 138 valence electrons. The lowest BCUT2D eigenvalue weighted by Gasteiger charge is -2.15. The Morgan fingerprint density at radius 2 is 2.04 bits per heavy atom. The van der Waals surface area contributed by atoms with E-state index >= 15 is 0 Å². The zero-order valence-electron chi connectivity index (χ0n) is 13.4. The number of carbonyl (C=O) groups is 2. The second-order valence-electron chi connectivity index (χ2n) is 5.72. The van der Waals surface area contributed by atoms with Crippen molar-refractivity contribution in [3.63, 3.8) is 0 Å². The summed E-state index contributed by atoms with van der Waals surface area (Å²) < 4.78 is 53.7. The molecule has 0 spiro atoms. The number of rotatable bonds is 6. The zero-order chi connectivity index (χ0) is 18.6. The molecule has 7 nitrogen and oxygen atoms in total. The van der Waals surface area contributed by atoms with Gasteiger partial charge in [0, 0.05) is 12.1 Å². The van der Waals surface area contributed by atoms with Gasteiger partial charge in [-0.3, -0.25) is 9.59 Å². The minimum Gasteiger partial charge on any atom is -0.481 e. The van der Waals surface area contributed by atoms with Crippen LogP contribution in [0.5, 0.6) is 5.75 Å². The van der Waals surface area contributed by atoms with Crippen LogP contribution in [-0.2, 0) is 19.4 Å². The predicted octanol–water partition coefficient (Wildman–Crippen LogP) is 0.152. The Bertz CT molecular complexity index is 769. The molecule has 2 atom stereocenters. The number of benzene rings is 1. The van der Waals surface area contributed by atoms with Crippen molar-refractivity contribution in [3.8, 4) is 5.75 Å². The Morgan fingerprint density at radius 1 is 1.32 bits per heavy atom. The molecule has 1 aliphatic heterocycles. The summed E-state index contributed by atoms with van der Waals surface area (Å²) in [4.78, 5) is 23.6. The van der Waals surface area contributed by atoms with Gasteiger partial charge >= 0.3 is 0 Å². The van der Waals surface area contributed by atoms with Gasteiger partial charge in [-0.05, 0) is 25.5 Å². The summed E-state index contributed by atoms with van der Waals surface area (Å²) in [7, 11) is -3.11. The average molecular weight is 376 g/mol. The van der Waals surface area contributed by atoms with Gasteiger partial charge in [0.15, 0.2) is 27.6 Å². The lowest BCUT2D eigenvalue weighted by Crippen LogP contribution is -2.45. The second kappa shape index (κ2) is 7.77. The maximum absolute atomic E-state index is 13.1. The normalized spacial score (nSPS) is 19.9. The van der Waals surface area contributed by atoms with Crippen LogP contribution in [-0.4, -0.2) is 50.4 Å². The molecule has 0 aliphatic carbocycles. The van der Waals surface area contributed by atoms with Crippen LogP contribution in [0.4, 0.5) is 8.78 Å². The van der Waals surface area contributed by atoms with Gasteiger partial charge in [-0.2, -0.15) is 0 Å². The minimum atomic E-state index is -3.11. The molecule has 0 radical (unpaired) electrons. The first kappa shape index (κ1) is 19.1. The summed E-state index contributed by atoms with van der Waals surface area (Å²) in [5.41, 5.74) is 0. The highest BCUT2D eigenvalue weighted by molar-refractivity contribution is 7.91. The van der Waals surface area contributed by atoms with Crippen LogP contribution in [0.3, 0.4) is 0 Å². The van der Waals surface area contributed by atoms with Gasteiger partial charge in [-0.25, -0.2) is 17.2 Å². The molecule has 1 fully saturated rings. The molecule has 0 unspecified atom stereocenters. The van der Waals surface area contributed by atoms with E-state index in [9.17, 15) is 26.8 Å². The van der Waals surface area contributed by atoms with Gasteiger partial charge in [0.1, 0.15) is 5.75 Å². The number of ether oxygens (including phenoxy) is 1. The first-order valence-electron chi connectivity index (χ1n) is 7.55. The van der Waals surface area contributed by atoms with E-state index in [-0.39, 0.29) is 23.8 Å². The van der Waals surface area contributed by atoms with Crippen LogP contribution >= 0.6 is 0 Å². The first-order chi connectivity index (χ1) is 11.7. The molecule has 0 saturated carbocycles. The molecular formula is C15H18F2N2O5S. The number of sulfone groups is 1. The maximum Gasteiger partial charge on any atom is 0.261 e. The fourth-order valence-electron chi connectivity index (χ4n) is 2.31. The minimum absolute atomic E-state index is 0.0258. The van der Waals surface area contributed by atoms with Crippen molar-refractivity contribution in [2.24, 2.45) is 0 Å². The zero-order valence-corrected chi connectivity index (χ0v) is 14.2. The monoisotopic (exact) mass is 376 g/mol. The molecule has 2 amide bonds. The van der Waals surface area contributed by atoms with E-state index in [1.54, 1.807) is 0 Å². The topological polar surface area (TPSA) is 102 Å². The van der Waals surface area contributed by atoms with E-state index in [2.05, 4.69) is 10.6 Å². The largest absolute Gasteiger partial charge is 0.481 e. The third kappa shape index (κ3) is 5.66. The van der Waals surface area contributed by atoms with E-state index in [1.807, 2.05) is 0 Å². The molecule has 1 aromatic rings. The second-order valence-corrected chi connectivity index (χ2v) is 7.95. The molecule has 2 rings (SSSR count). The van der Waals surface area contributed by atoms with Crippen molar-refractivity contribution in [1.82, 2.24) is 10.6 Å². The number of amides is 2. The number of halogens is 2. The number of carbonyl (C=O) groups excluding carboxylic acids is 2. The summed E-state index contributed by atoms with van der Waals surface area (Å²) in [6.07, 6.45) is -0.693. The maximum atomic E-state index is 13.1. The Balaban J connectivity index is 1.77. The van der Waals surface area contributed by atoms with Gasteiger partial charge < -0.3 is 15.4 Å². The Morgan fingerprint density at radius 3 is 2.64 bits per heavy atom. The van der Waals surface area contributed by atoms with Crippen LogP contribution < -0.4 is 15.4 Å². The van der Waals surface area contributed by atoms with Crippen molar-refractivity contribution in [3.05, 3.63) is 29.8 Å². The third-order valence-corrected chi connectivity index (χ3v) is 5.36. The molecule has 1 aromatic carbocycles. The van der Waals surface area contributed by atoms with Crippen LogP contribution in [0.1, 0.15) is 13.3 Å². The molecule has 25 heavy (non-hydrogen) atoms. The van der Waals surface area contributed by atoms with Crippen LogP contribution in [0.2, 0.25) is 0 Å². The molecule has 10 heteroatoms. The molecule has 2 N–H and O–H groups in total. The summed E-state index contributed by atoms with van der Waals surface area (Å²) >= 11 is 0. The number of hydrogen-bond donors (Lipinski definition) is 2. The molecular weight excluding hydrogens is 358 g/mol. The van der Waals surface area contributed by atoms with Gasteiger partial charge in [-0.1, -0.05) is 0 Å². The van der Waals surface area contributed by atoms with E-state index in [1.165, 1.54) is 13.0 Å². The number of hydrogen-bond acceptors (Lipinski definition) is 5. The SMILES string of the molecule is C[C@H](Oc1ccc(F)c(F)c1)C(=O)NCC(=O)N[C@H]1CCS(=O)(=O)C1. The molecule has 0 bridgehead atoms. The van der Waals surface area contributed by atoms with E-state index in [0.717, 1.165) is 12.1 Å². The van der Waals surface area contributed by atoms with Gasteiger partial charge in [0.25, 0.3) is 5.91 Å². The highest BCUT2D eigenvalue weighted by Crippen LogP contribution is 2.16. The van der Waals surface area contributed by atoms with E-state index in [4.69, 9.17) is 4.74 Å². The van der Waals surface area contributed by atoms with E-state index < -0.39 is 45.4 Å². The summed E-state index contributed by atoms with van der Waals surface area (Å²) in [5, 5.41) is 4.86. The molecule has 1 aliphatic rings. The molecule has 0 aromatic heterocycles. The summed E-state index contributed by atoms with van der Waals surface area (Å²) in [6.45, 7) is 1.04. The third-order valence-electron chi connectivity index (χ3n) is 3.59. The van der Waals surface area contributed by atoms with Gasteiger partial charge in [0.05, 0.1) is 18.1 Å². The number of nitrogens with one attached hydrogen (secondary N) is 2. The average Bonchev–Trinajstić information content (AvgIpc) is 2.87. The lowest BCUT2D eigenvalue weighted by molar-refractivity contribution is -0.130. The first-order valence-corrected chi connectivity index (χ1v) is 9.37. The standard InChI is InChI=1S/C15H18F2N2O5S/c1-9(24-11-2-3-12(16)13(17)6-11)15(21)18-7-14(20)19-10-4-5-25(22,23)8-10/h2-3,6,9-10H,4-5,7-8H2,1H3,(H,18,21)(H,19,20)/t9-,10-/m0/s1. The Hall–Kier alpha value is -2.23. The summed E-state index contributed by atoms with van der Waals surface area (Å²) in [6, 6.07) is 2.41. The Kier molecular flexibility index (Phi) is 5.93. The van der Waals surface area contributed by atoms with Gasteiger partial charge in [-0.15, -0.1) is 0 Å². The van der Waals surface area contributed by atoms with Crippen LogP contribution in [0, 0.1) is 11.6 Å². The van der Waals surface area contributed by atoms with Crippen molar-refractivity contribution in [1.29, 1.82) is 0 Å². The smallest absolute Gasteiger partial charge is 0.261 e. The van der Waals surface area contributed by atoms with Crippen molar-refractivity contribution >= 4 is 21.7 Å². The highest BCUT2D eigenvalue weighted by atomic mass is 32.2. The Labute approximate surface area is 143 Å².